The van der Waals surface area contributed by atoms with Crippen LogP contribution in [0.5, 0.6) is 11.5 Å². The lowest BCUT2D eigenvalue weighted by molar-refractivity contribution is -0.132. The number of aliphatic hydroxyl groups is 1. The lowest BCUT2D eigenvalue weighted by Gasteiger charge is -2.23. The highest BCUT2D eigenvalue weighted by Crippen LogP contribution is 2.45. The molecule has 1 N–H and O–H groups in total. The van der Waals surface area contributed by atoms with Gasteiger partial charge in [-0.25, -0.2) is 9.78 Å². The normalized spacial score (nSPS) is 19.4. The number of benzene rings is 2. The third-order valence-corrected chi connectivity index (χ3v) is 7.85. The largest absolute Gasteiger partial charge is 0.507 e. The van der Waals surface area contributed by atoms with Gasteiger partial charge in [-0.1, -0.05) is 30.4 Å². The van der Waals surface area contributed by atoms with Crippen LogP contribution in [-0.2, 0) is 20.7 Å². The van der Waals surface area contributed by atoms with Gasteiger partial charge in [0, 0.05) is 12.0 Å². The van der Waals surface area contributed by atoms with Crippen LogP contribution in [-0.4, -0.2) is 47.1 Å². The number of fused-ring (bicyclic) bond motifs is 1. The molecule has 2 aliphatic heterocycles. The van der Waals surface area contributed by atoms with Crippen molar-refractivity contribution < 1.29 is 33.7 Å². The third kappa shape index (κ3) is 4.95. The van der Waals surface area contributed by atoms with Crippen LogP contribution in [0.2, 0.25) is 0 Å². The van der Waals surface area contributed by atoms with E-state index in [9.17, 15) is 19.5 Å². The van der Waals surface area contributed by atoms with Crippen LogP contribution in [0.15, 0.2) is 48.0 Å². The predicted molar refractivity (Wildman–Crippen MR) is 150 cm³/mol. The van der Waals surface area contributed by atoms with Gasteiger partial charge in [-0.15, -0.1) is 0 Å². The molecule has 0 aliphatic carbocycles. The lowest BCUT2D eigenvalue weighted by atomic mass is 9.94. The minimum absolute atomic E-state index is 0.00516. The van der Waals surface area contributed by atoms with Gasteiger partial charge in [0.05, 0.1) is 30.5 Å². The van der Waals surface area contributed by atoms with Crippen molar-refractivity contribution in [2.75, 3.05) is 18.1 Å². The van der Waals surface area contributed by atoms with Crippen LogP contribution in [0.25, 0.3) is 5.76 Å². The minimum Gasteiger partial charge on any atom is -0.507 e. The molecule has 0 radical (unpaired) electrons. The highest BCUT2D eigenvalue weighted by Gasteiger charge is 2.48. The zero-order chi connectivity index (χ0) is 28.6. The quantitative estimate of drug-likeness (QED) is 0.169. The summed E-state index contributed by atoms with van der Waals surface area (Å²) in [7, 11) is 0. The average Bonchev–Trinajstić information content (AvgIpc) is 3.59. The van der Waals surface area contributed by atoms with Crippen molar-refractivity contribution in [2.24, 2.45) is 0 Å². The molecule has 1 saturated heterocycles. The Kier molecular flexibility index (Phi) is 7.62. The first-order chi connectivity index (χ1) is 19.2. The number of aliphatic hydroxyl groups excluding tert-OH is 1. The number of rotatable bonds is 8. The molecule has 40 heavy (non-hydrogen) atoms. The van der Waals surface area contributed by atoms with Crippen molar-refractivity contribution in [1.29, 1.82) is 0 Å². The van der Waals surface area contributed by atoms with Crippen molar-refractivity contribution in [3.05, 3.63) is 75.3 Å². The number of aryl methyl sites for hydroxylation is 1. The van der Waals surface area contributed by atoms with Crippen molar-refractivity contribution in [1.82, 2.24) is 4.98 Å². The fourth-order valence-electron chi connectivity index (χ4n) is 4.94. The van der Waals surface area contributed by atoms with Gasteiger partial charge in [0.25, 0.3) is 5.78 Å². The maximum absolute atomic E-state index is 13.6. The molecule has 1 aromatic heterocycles. The summed E-state index contributed by atoms with van der Waals surface area (Å²) in [4.78, 5) is 45.6. The number of ether oxygens (including phenoxy) is 3. The molecule has 3 heterocycles. The van der Waals surface area contributed by atoms with Crippen molar-refractivity contribution >= 4 is 39.9 Å². The topological polar surface area (TPSA) is 115 Å². The van der Waals surface area contributed by atoms with Gasteiger partial charge >= 0.3 is 11.9 Å². The smallest absolute Gasteiger partial charge is 0.350 e. The average molecular weight is 563 g/mol. The second-order valence-electron chi connectivity index (χ2n) is 9.68. The number of amides is 1. The molecule has 0 bridgehead atoms. The van der Waals surface area contributed by atoms with Gasteiger partial charge in [0.1, 0.15) is 28.2 Å². The zero-order valence-electron chi connectivity index (χ0n) is 22.7. The van der Waals surface area contributed by atoms with E-state index in [2.05, 4.69) is 4.98 Å². The highest BCUT2D eigenvalue weighted by molar-refractivity contribution is 7.17. The summed E-state index contributed by atoms with van der Waals surface area (Å²) < 4.78 is 16.7. The van der Waals surface area contributed by atoms with Crippen molar-refractivity contribution in [3.63, 3.8) is 0 Å². The van der Waals surface area contributed by atoms with Gasteiger partial charge in [0.2, 0.25) is 0 Å². The Morgan fingerprint density at radius 3 is 2.75 bits per heavy atom. The fraction of sp³-hybridized carbons (Fsp3) is 0.333. The lowest BCUT2D eigenvalue weighted by Crippen LogP contribution is -2.29. The van der Waals surface area contributed by atoms with E-state index in [0.29, 0.717) is 35.6 Å². The Labute approximate surface area is 236 Å². The number of aromatic nitrogens is 1. The number of ketones is 1. The molecular formula is C30H30N2O7S. The molecule has 0 saturated carbocycles. The zero-order valence-corrected chi connectivity index (χ0v) is 23.5. The third-order valence-electron chi connectivity index (χ3n) is 6.71. The fourth-order valence-corrected chi connectivity index (χ4v) is 5.92. The Hall–Kier alpha value is -4.18. The second-order valence-corrected chi connectivity index (χ2v) is 10.7. The SMILES string of the molecule is CCCOc1cccc([C@H]2C(=C(O)c3ccc4c(c3)C[C@H](C)O4)C(=O)C(=O)N2c2nc(C)c(C(=O)OCC)s2)c1. The molecule has 9 nitrogen and oxygen atoms in total. The number of hydrogen-bond donors (Lipinski definition) is 1. The molecular weight excluding hydrogens is 532 g/mol. The number of esters is 1. The van der Waals surface area contributed by atoms with Gasteiger partial charge < -0.3 is 19.3 Å². The molecule has 0 unspecified atom stereocenters. The maximum Gasteiger partial charge on any atom is 0.350 e. The van der Waals surface area contributed by atoms with E-state index in [1.807, 2.05) is 13.8 Å². The first-order valence-electron chi connectivity index (χ1n) is 13.2. The predicted octanol–water partition coefficient (Wildman–Crippen LogP) is 5.37. The molecule has 2 aliphatic rings. The van der Waals surface area contributed by atoms with E-state index in [0.717, 1.165) is 29.1 Å². The Morgan fingerprint density at radius 2 is 2.00 bits per heavy atom. The molecule has 1 amide bonds. The monoisotopic (exact) mass is 562 g/mol. The van der Waals surface area contributed by atoms with E-state index >= 15 is 0 Å². The van der Waals surface area contributed by atoms with Crippen molar-refractivity contribution in [2.45, 2.75) is 52.7 Å². The minimum atomic E-state index is -1.01. The molecule has 5 rings (SSSR count). The van der Waals surface area contributed by atoms with Crippen molar-refractivity contribution in [3.8, 4) is 11.5 Å². The molecule has 1 fully saturated rings. The summed E-state index contributed by atoms with van der Waals surface area (Å²) in [5.74, 6) is -1.26. The summed E-state index contributed by atoms with van der Waals surface area (Å²) >= 11 is 0.968. The van der Waals surface area contributed by atoms with E-state index < -0.39 is 23.7 Å². The van der Waals surface area contributed by atoms with Gasteiger partial charge in [-0.2, -0.15) is 0 Å². The molecule has 10 heteroatoms. The molecule has 208 valence electrons. The summed E-state index contributed by atoms with van der Waals surface area (Å²) in [6.45, 7) is 7.98. The maximum atomic E-state index is 13.6. The second kappa shape index (κ2) is 11.1. The Balaban J connectivity index is 1.66. The number of anilines is 1. The molecule has 2 atom stereocenters. The van der Waals surface area contributed by atoms with Crippen LogP contribution in [0.1, 0.15) is 65.3 Å². The molecule has 2 aromatic carbocycles. The summed E-state index contributed by atoms with van der Waals surface area (Å²) in [5, 5.41) is 11.7. The van der Waals surface area contributed by atoms with Crippen LogP contribution >= 0.6 is 11.3 Å². The van der Waals surface area contributed by atoms with Crippen LogP contribution in [0, 0.1) is 6.92 Å². The summed E-state index contributed by atoms with van der Waals surface area (Å²) in [5.41, 5.74) is 2.17. The highest BCUT2D eigenvalue weighted by atomic mass is 32.1. The van der Waals surface area contributed by atoms with Crippen LogP contribution in [0.4, 0.5) is 5.13 Å². The number of thiazole rings is 1. The van der Waals surface area contributed by atoms with Crippen LogP contribution in [0.3, 0.4) is 0 Å². The van der Waals surface area contributed by atoms with Gasteiger partial charge in [-0.3, -0.25) is 14.5 Å². The first-order valence-corrected chi connectivity index (χ1v) is 14.0. The molecule has 3 aromatic rings. The number of Topliss-reactive ketones (excluding diaryl/α,β-unsaturated/α-hetero) is 1. The van der Waals surface area contributed by atoms with Gasteiger partial charge in [0.15, 0.2) is 5.13 Å². The van der Waals surface area contributed by atoms with Crippen LogP contribution < -0.4 is 14.4 Å². The number of carbonyl (C=O) groups is 3. The Bertz CT molecular complexity index is 1530. The Morgan fingerprint density at radius 1 is 1.20 bits per heavy atom. The van der Waals surface area contributed by atoms with Gasteiger partial charge in [-0.05, 0) is 68.7 Å². The number of nitrogens with zero attached hydrogens (tertiary/aromatic N) is 2. The van der Waals surface area contributed by atoms with E-state index in [1.54, 1.807) is 56.3 Å². The summed E-state index contributed by atoms with van der Waals surface area (Å²) in [6, 6.07) is 11.3. The first kappa shape index (κ1) is 27.4. The number of hydrogen-bond acceptors (Lipinski definition) is 9. The van der Waals surface area contributed by atoms with E-state index in [-0.39, 0.29) is 34.1 Å². The number of carbonyl (C=O) groups excluding carboxylic acids is 3. The standard InChI is InChI=1S/C30H30N2O7S/c1-5-12-38-21-9-7-8-18(15-21)24-23(25(33)19-10-11-22-20(14-19)13-16(3)39-22)26(34)28(35)32(24)30-31-17(4)27(40-30)29(36)37-6-2/h7-11,14-16,24,33H,5-6,12-13H2,1-4H3/t16-,24-/m0/s1. The van der Waals surface area contributed by atoms with E-state index in [1.165, 1.54) is 4.90 Å². The summed E-state index contributed by atoms with van der Waals surface area (Å²) in [6.07, 6.45) is 1.48. The molecule has 0 spiro atoms. The van der Waals surface area contributed by atoms with E-state index in [4.69, 9.17) is 14.2 Å².